The Hall–Kier alpha value is -3.19. The summed E-state index contributed by atoms with van der Waals surface area (Å²) in [6.45, 7) is 4.47. The van der Waals surface area contributed by atoms with Gasteiger partial charge in [-0.15, -0.1) is 0 Å². The Morgan fingerprint density at radius 3 is 2.65 bits per heavy atom. The molecule has 1 unspecified atom stereocenters. The van der Waals surface area contributed by atoms with Gasteiger partial charge < -0.3 is 10.2 Å². The van der Waals surface area contributed by atoms with Crippen molar-refractivity contribution >= 4 is 11.6 Å². The zero-order chi connectivity index (χ0) is 22.0. The second-order valence-electron chi connectivity index (χ2n) is 7.78. The van der Waals surface area contributed by atoms with Gasteiger partial charge in [0, 0.05) is 52.9 Å². The average molecular weight is 427 g/mol. The molecule has 3 aromatic rings. The van der Waals surface area contributed by atoms with Gasteiger partial charge in [-0.25, -0.2) is 13.8 Å². The van der Waals surface area contributed by atoms with E-state index in [1.165, 1.54) is 6.07 Å². The number of halogens is 2. The number of carbonyl (C=O) groups excluding carboxylic acids is 1. The van der Waals surface area contributed by atoms with E-state index in [0.29, 0.717) is 24.6 Å². The molecule has 1 atom stereocenters. The Morgan fingerprint density at radius 1 is 1.16 bits per heavy atom. The fourth-order valence-electron chi connectivity index (χ4n) is 3.87. The van der Waals surface area contributed by atoms with Crippen LogP contribution in [-0.4, -0.2) is 35.4 Å². The van der Waals surface area contributed by atoms with Crippen molar-refractivity contribution in [2.45, 2.75) is 25.8 Å². The third kappa shape index (κ3) is 4.46. The van der Waals surface area contributed by atoms with E-state index in [-0.39, 0.29) is 25.7 Å². The Balaban J connectivity index is 0.00000193. The molecule has 1 aliphatic rings. The second kappa shape index (κ2) is 8.51. The molecule has 1 saturated heterocycles. The third-order valence-corrected chi connectivity index (χ3v) is 5.52. The van der Waals surface area contributed by atoms with Crippen molar-refractivity contribution in [1.29, 1.82) is 0 Å². The quantitative estimate of drug-likeness (QED) is 0.596. The van der Waals surface area contributed by atoms with Crippen molar-refractivity contribution in [2.75, 3.05) is 24.5 Å². The minimum atomic E-state index is -3.19. The maximum atomic E-state index is 14.3. The summed E-state index contributed by atoms with van der Waals surface area (Å²) in [5.74, 6) is -3.22. The number of benzene rings is 1. The topological polar surface area (TPSA) is 58.1 Å². The lowest BCUT2D eigenvalue weighted by molar-refractivity contribution is 0.0161. The van der Waals surface area contributed by atoms with Gasteiger partial charge in [0.1, 0.15) is 11.5 Å². The molecule has 31 heavy (non-hydrogen) atoms. The molecule has 1 N–H and O–H groups in total. The zero-order valence-corrected chi connectivity index (χ0v) is 17.5. The highest BCUT2D eigenvalue weighted by atomic mass is 19.3. The summed E-state index contributed by atoms with van der Waals surface area (Å²) in [4.78, 5) is 23.8. The van der Waals surface area contributed by atoms with Crippen LogP contribution in [0.2, 0.25) is 0 Å². The molecule has 0 bridgehead atoms. The Kier molecular flexibility index (Phi) is 5.78. The number of anilines is 1. The highest BCUT2D eigenvalue weighted by molar-refractivity contribution is 6.09. The number of aromatic nitrogens is 2. The monoisotopic (exact) mass is 426 g/mol. The minimum Gasteiger partial charge on any atom is -0.353 e. The van der Waals surface area contributed by atoms with Crippen LogP contribution >= 0.6 is 0 Å². The number of pyridine rings is 2. The maximum Gasteiger partial charge on any atom is 0.272 e. The summed E-state index contributed by atoms with van der Waals surface area (Å²) in [6.07, 6.45) is 1.57. The first-order valence-electron chi connectivity index (χ1n) is 10.2. The summed E-state index contributed by atoms with van der Waals surface area (Å²) in [7, 11) is 0. The zero-order valence-electron chi connectivity index (χ0n) is 17.5. The molecule has 0 aliphatic carbocycles. The number of ketones is 1. The van der Waals surface area contributed by atoms with Crippen LogP contribution in [0.3, 0.4) is 0 Å². The summed E-state index contributed by atoms with van der Waals surface area (Å²) >= 11 is 0. The molecule has 4 rings (SSSR count). The standard InChI is InChI=1S/C24H24F2N4O.2H2/c1-16-18(9-6-12-27-16)23(31)22-19(24(2,25)26)10-11-21(29-22)30-14-13-28-20(15-30)17-7-4-3-5-8-17;;/h3-12,20,28H,13-15H2,1-2H3;2*1H. The van der Waals surface area contributed by atoms with Crippen LogP contribution in [0, 0.1) is 6.92 Å². The van der Waals surface area contributed by atoms with E-state index in [4.69, 9.17) is 0 Å². The molecule has 1 aromatic carbocycles. The van der Waals surface area contributed by atoms with Crippen molar-refractivity contribution in [3.05, 3.63) is 88.9 Å². The van der Waals surface area contributed by atoms with Gasteiger partial charge in [-0.2, -0.15) is 0 Å². The molecular formula is C24H28F2N4O. The molecule has 1 fully saturated rings. The van der Waals surface area contributed by atoms with Crippen molar-refractivity contribution in [3.63, 3.8) is 0 Å². The SMILES string of the molecule is Cc1ncccc1C(=O)c1nc(N2CCNC(c3ccccc3)C2)ccc1C(C)(F)F.[HH].[HH]. The number of rotatable bonds is 5. The Labute approximate surface area is 183 Å². The number of alkyl halides is 2. The van der Waals surface area contributed by atoms with Crippen LogP contribution in [0.25, 0.3) is 0 Å². The summed E-state index contributed by atoms with van der Waals surface area (Å²) in [5, 5.41) is 3.48. The lowest BCUT2D eigenvalue weighted by Crippen LogP contribution is -2.46. The largest absolute Gasteiger partial charge is 0.353 e. The highest BCUT2D eigenvalue weighted by Crippen LogP contribution is 2.32. The molecule has 0 amide bonds. The smallest absolute Gasteiger partial charge is 0.272 e. The summed E-state index contributed by atoms with van der Waals surface area (Å²) in [6, 6.07) is 16.2. The van der Waals surface area contributed by atoms with Gasteiger partial charge in [-0.1, -0.05) is 30.3 Å². The average Bonchev–Trinajstić information content (AvgIpc) is 2.78. The van der Waals surface area contributed by atoms with Gasteiger partial charge in [0.25, 0.3) is 5.92 Å². The predicted octanol–water partition coefficient (Wildman–Crippen LogP) is 4.77. The Bertz CT molecular complexity index is 1090. The first kappa shape index (κ1) is 21.1. The summed E-state index contributed by atoms with van der Waals surface area (Å²) < 4.78 is 28.6. The molecule has 0 saturated carbocycles. The number of nitrogens with one attached hydrogen (secondary N) is 1. The number of aryl methyl sites for hydroxylation is 1. The van der Waals surface area contributed by atoms with E-state index >= 15 is 0 Å². The molecule has 164 valence electrons. The van der Waals surface area contributed by atoms with Gasteiger partial charge in [-0.05, 0) is 36.8 Å². The van der Waals surface area contributed by atoms with Gasteiger partial charge >= 0.3 is 0 Å². The van der Waals surface area contributed by atoms with E-state index in [2.05, 4.69) is 27.4 Å². The fraction of sp³-hybridized carbons (Fsp3) is 0.292. The van der Waals surface area contributed by atoms with E-state index in [1.54, 1.807) is 31.3 Å². The molecule has 5 nitrogen and oxygen atoms in total. The second-order valence-corrected chi connectivity index (χ2v) is 7.78. The fourth-order valence-corrected chi connectivity index (χ4v) is 3.87. The van der Waals surface area contributed by atoms with Crippen molar-refractivity contribution < 1.29 is 16.4 Å². The number of carbonyl (C=O) groups is 1. The van der Waals surface area contributed by atoms with Crippen LogP contribution in [0.4, 0.5) is 14.6 Å². The molecule has 0 spiro atoms. The molecular weight excluding hydrogens is 398 g/mol. The molecule has 2 aromatic heterocycles. The van der Waals surface area contributed by atoms with Crippen LogP contribution < -0.4 is 10.2 Å². The van der Waals surface area contributed by atoms with Gasteiger partial charge in [0.15, 0.2) is 0 Å². The number of piperazine rings is 1. The van der Waals surface area contributed by atoms with Crippen LogP contribution in [-0.2, 0) is 5.92 Å². The van der Waals surface area contributed by atoms with Crippen molar-refractivity contribution in [1.82, 2.24) is 15.3 Å². The third-order valence-electron chi connectivity index (χ3n) is 5.52. The number of nitrogens with zero attached hydrogens (tertiary/aromatic N) is 3. The Morgan fingerprint density at radius 2 is 1.94 bits per heavy atom. The first-order valence-corrected chi connectivity index (χ1v) is 10.2. The number of hydrogen-bond acceptors (Lipinski definition) is 5. The maximum absolute atomic E-state index is 14.3. The van der Waals surface area contributed by atoms with E-state index in [9.17, 15) is 13.6 Å². The van der Waals surface area contributed by atoms with Crippen molar-refractivity contribution in [3.8, 4) is 0 Å². The van der Waals surface area contributed by atoms with Crippen LogP contribution in [0.15, 0.2) is 60.8 Å². The lowest BCUT2D eigenvalue weighted by Gasteiger charge is -2.35. The van der Waals surface area contributed by atoms with Gasteiger partial charge in [0.05, 0.1) is 5.56 Å². The first-order chi connectivity index (χ1) is 14.8. The van der Waals surface area contributed by atoms with E-state index in [1.807, 2.05) is 23.1 Å². The minimum absolute atomic E-state index is 0. The van der Waals surface area contributed by atoms with Gasteiger partial charge in [0.2, 0.25) is 5.78 Å². The van der Waals surface area contributed by atoms with Crippen LogP contribution in [0.1, 0.15) is 48.7 Å². The number of hydrogen-bond donors (Lipinski definition) is 1. The van der Waals surface area contributed by atoms with Crippen molar-refractivity contribution in [2.24, 2.45) is 0 Å². The molecule has 3 heterocycles. The molecule has 0 radical (unpaired) electrons. The van der Waals surface area contributed by atoms with Gasteiger partial charge in [-0.3, -0.25) is 9.78 Å². The predicted molar refractivity (Wildman–Crippen MR) is 120 cm³/mol. The molecule has 7 heteroatoms. The normalized spacial score (nSPS) is 16.9. The highest BCUT2D eigenvalue weighted by Gasteiger charge is 2.33. The summed E-state index contributed by atoms with van der Waals surface area (Å²) in [5.41, 5.74) is 1.30. The van der Waals surface area contributed by atoms with E-state index in [0.717, 1.165) is 19.0 Å². The molecule has 1 aliphatic heterocycles. The lowest BCUT2D eigenvalue weighted by atomic mass is 9.99. The van der Waals surface area contributed by atoms with Crippen LogP contribution in [0.5, 0.6) is 0 Å². The van der Waals surface area contributed by atoms with E-state index < -0.39 is 11.7 Å².